The van der Waals surface area contributed by atoms with Gasteiger partial charge < -0.3 is 10.0 Å². The molecule has 0 bridgehead atoms. The molecule has 1 N–H and O–H groups in total. The number of rotatable bonds is 3. The van der Waals surface area contributed by atoms with Gasteiger partial charge in [-0.25, -0.2) is 4.79 Å². The molecule has 1 aromatic carbocycles. The van der Waals surface area contributed by atoms with Gasteiger partial charge in [0, 0.05) is 11.6 Å². The number of carbonyl (C=O) groups excluding carboxylic acids is 1. The number of carboxylic acids is 1. The average Bonchev–Trinajstić information content (AvgIpc) is 2.94. The second-order valence-corrected chi connectivity index (χ2v) is 6.45. The van der Waals surface area contributed by atoms with Crippen LogP contribution in [0.25, 0.3) is 0 Å². The van der Waals surface area contributed by atoms with E-state index in [0.717, 1.165) is 31.2 Å². The summed E-state index contributed by atoms with van der Waals surface area (Å²) in [6, 6.07) is 8.36. The lowest BCUT2D eigenvalue weighted by Crippen LogP contribution is -2.46. The Hall–Kier alpha value is -2.35. The van der Waals surface area contributed by atoms with Crippen molar-refractivity contribution in [2.75, 3.05) is 0 Å². The standard InChI is InChI=1S/C18H20N2O3/c19-9-8-12-4-3-6-14(10-12)17(21)20-15-7-2-1-5-13(15)11-16(20)18(22)23/h3-4,6,10,13,15-16H,1-2,5,7-8,11H2,(H,22,23). The van der Waals surface area contributed by atoms with Crippen molar-refractivity contribution in [1.82, 2.24) is 4.90 Å². The second-order valence-electron chi connectivity index (χ2n) is 6.45. The highest BCUT2D eigenvalue weighted by Crippen LogP contribution is 2.40. The minimum atomic E-state index is -0.916. The number of hydrogen-bond donors (Lipinski definition) is 1. The van der Waals surface area contributed by atoms with Gasteiger partial charge in [-0.3, -0.25) is 4.79 Å². The summed E-state index contributed by atoms with van der Waals surface area (Å²) in [5, 5.41) is 18.3. The first-order valence-corrected chi connectivity index (χ1v) is 8.13. The fourth-order valence-electron chi connectivity index (χ4n) is 4.03. The molecule has 3 rings (SSSR count). The number of nitrogens with zero attached hydrogens (tertiary/aromatic N) is 2. The molecule has 1 saturated carbocycles. The van der Waals surface area contributed by atoms with Gasteiger partial charge in [0.25, 0.3) is 5.91 Å². The van der Waals surface area contributed by atoms with Gasteiger partial charge in [-0.1, -0.05) is 25.0 Å². The molecule has 5 nitrogen and oxygen atoms in total. The van der Waals surface area contributed by atoms with E-state index in [0.29, 0.717) is 17.9 Å². The zero-order valence-corrected chi connectivity index (χ0v) is 12.9. The van der Waals surface area contributed by atoms with Gasteiger partial charge in [0.1, 0.15) is 6.04 Å². The highest BCUT2D eigenvalue weighted by Gasteiger charge is 2.47. The Kier molecular flexibility index (Phi) is 4.33. The number of nitriles is 1. The molecule has 1 heterocycles. The van der Waals surface area contributed by atoms with Crippen molar-refractivity contribution in [1.29, 1.82) is 5.26 Å². The third-order valence-corrected chi connectivity index (χ3v) is 5.06. The van der Waals surface area contributed by atoms with Crippen molar-refractivity contribution in [3.63, 3.8) is 0 Å². The van der Waals surface area contributed by atoms with Crippen LogP contribution in [0.1, 0.15) is 48.0 Å². The molecule has 3 atom stereocenters. The van der Waals surface area contributed by atoms with E-state index in [9.17, 15) is 14.7 Å². The molecule has 3 unspecified atom stereocenters. The van der Waals surface area contributed by atoms with Crippen molar-refractivity contribution >= 4 is 11.9 Å². The summed E-state index contributed by atoms with van der Waals surface area (Å²) in [4.78, 5) is 26.2. The van der Waals surface area contributed by atoms with Gasteiger partial charge >= 0.3 is 5.97 Å². The lowest BCUT2D eigenvalue weighted by molar-refractivity contribution is -0.141. The van der Waals surface area contributed by atoms with E-state index in [1.54, 1.807) is 23.1 Å². The predicted octanol–water partition coefficient (Wildman–Crippen LogP) is 2.61. The second kappa shape index (κ2) is 6.41. The van der Waals surface area contributed by atoms with E-state index in [1.165, 1.54) is 0 Å². The molecular weight excluding hydrogens is 292 g/mol. The number of amides is 1. The van der Waals surface area contributed by atoms with Crippen LogP contribution in [0.15, 0.2) is 24.3 Å². The van der Waals surface area contributed by atoms with Crippen LogP contribution >= 0.6 is 0 Å². The number of aliphatic carboxylic acids is 1. The van der Waals surface area contributed by atoms with Gasteiger partial charge in [-0.05, 0) is 42.9 Å². The Labute approximate surface area is 135 Å². The SMILES string of the molecule is N#CCc1cccc(C(=O)N2C(C(=O)O)CC3CCCCC32)c1. The minimum absolute atomic E-state index is 0.0389. The maximum Gasteiger partial charge on any atom is 0.326 e. The maximum absolute atomic E-state index is 13.0. The van der Waals surface area contributed by atoms with Gasteiger partial charge in [0.15, 0.2) is 0 Å². The van der Waals surface area contributed by atoms with E-state index < -0.39 is 12.0 Å². The van der Waals surface area contributed by atoms with E-state index >= 15 is 0 Å². The number of carboxylic acid groups (broad SMARTS) is 1. The Morgan fingerprint density at radius 2 is 2.09 bits per heavy atom. The Bertz CT molecular complexity index is 664. The molecule has 1 amide bonds. The van der Waals surface area contributed by atoms with E-state index in [-0.39, 0.29) is 18.4 Å². The summed E-state index contributed by atoms with van der Waals surface area (Å²) in [6.45, 7) is 0. The van der Waals surface area contributed by atoms with Gasteiger partial charge in [-0.2, -0.15) is 5.26 Å². The summed E-state index contributed by atoms with van der Waals surface area (Å²) in [5.41, 5.74) is 1.26. The molecule has 2 aliphatic rings. The maximum atomic E-state index is 13.0. The normalized spacial score (nSPS) is 26.4. The van der Waals surface area contributed by atoms with Crippen molar-refractivity contribution < 1.29 is 14.7 Å². The molecule has 0 aromatic heterocycles. The van der Waals surface area contributed by atoms with Crippen molar-refractivity contribution in [3.05, 3.63) is 35.4 Å². The van der Waals surface area contributed by atoms with E-state index in [2.05, 4.69) is 6.07 Å². The lowest BCUT2D eigenvalue weighted by Gasteiger charge is -2.33. The Morgan fingerprint density at radius 3 is 2.83 bits per heavy atom. The molecule has 23 heavy (non-hydrogen) atoms. The molecule has 0 radical (unpaired) electrons. The quantitative estimate of drug-likeness (QED) is 0.930. The molecule has 5 heteroatoms. The topological polar surface area (TPSA) is 81.4 Å². The summed E-state index contributed by atoms with van der Waals surface area (Å²) in [5.74, 6) is -0.830. The lowest BCUT2D eigenvalue weighted by atomic mass is 9.84. The monoisotopic (exact) mass is 312 g/mol. The summed E-state index contributed by atoms with van der Waals surface area (Å²) >= 11 is 0. The average molecular weight is 312 g/mol. The van der Waals surface area contributed by atoms with Crippen LogP contribution in [-0.4, -0.2) is 34.0 Å². The third kappa shape index (κ3) is 2.94. The Balaban J connectivity index is 1.90. The first-order chi connectivity index (χ1) is 11.1. The van der Waals surface area contributed by atoms with Gasteiger partial charge in [0.05, 0.1) is 12.5 Å². The van der Waals surface area contributed by atoms with Crippen LogP contribution in [-0.2, 0) is 11.2 Å². The van der Waals surface area contributed by atoms with Crippen molar-refractivity contribution in [3.8, 4) is 6.07 Å². The molecule has 1 aliphatic heterocycles. The van der Waals surface area contributed by atoms with Gasteiger partial charge in [-0.15, -0.1) is 0 Å². The first-order valence-electron chi connectivity index (χ1n) is 8.13. The smallest absolute Gasteiger partial charge is 0.326 e. The zero-order chi connectivity index (χ0) is 16.4. The number of hydrogen-bond acceptors (Lipinski definition) is 3. The minimum Gasteiger partial charge on any atom is -0.480 e. The molecule has 0 spiro atoms. The fraction of sp³-hybridized carbons (Fsp3) is 0.500. The van der Waals surface area contributed by atoms with Crippen molar-refractivity contribution in [2.24, 2.45) is 5.92 Å². The summed E-state index contributed by atoms with van der Waals surface area (Å²) < 4.78 is 0. The van der Waals surface area contributed by atoms with Crippen LogP contribution < -0.4 is 0 Å². The highest BCUT2D eigenvalue weighted by molar-refractivity contribution is 5.97. The first kappa shape index (κ1) is 15.5. The van der Waals surface area contributed by atoms with Crippen LogP contribution in [0.5, 0.6) is 0 Å². The largest absolute Gasteiger partial charge is 0.480 e. The van der Waals surface area contributed by atoms with Crippen LogP contribution in [0, 0.1) is 17.2 Å². The number of carbonyl (C=O) groups is 2. The number of likely N-dealkylation sites (tertiary alicyclic amines) is 1. The number of fused-ring (bicyclic) bond motifs is 1. The molecule has 1 aliphatic carbocycles. The molecule has 120 valence electrons. The van der Waals surface area contributed by atoms with Crippen molar-refractivity contribution in [2.45, 2.75) is 50.6 Å². The molecule has 1 saturated heterocycles. The van der Waals surface area contributed by atoms with Crippen LogP contribution in [0.3, 0.4) is 0 Å². The molecular formula is C18H20N2O3. The van der Waals surface area contributed by atoms with E-state index in [1.807, 2.05) is 6.07 Å². The highest BCUT2D eigenvalue weighted by atomic mass is 16.4. The predicted molar refractivity (Wildman–Crippen MR) is 83.7 cm³/mol. The summed E-state index contributed by atoms with van der Waals surface area (Å²) in [6.07, 6.45) is 4.86. The van der Waals surface area contributed by atoms with E-state index in [4.69, 9.17) is 5.26 Å². The van der Waals surface area contributed by atoms with Crippen LogP contribution in [0.2, 0.25) is 0 Å². The summed E-state index contributed by atoms with van der Waals surface area (Å²) in [7, 11) is 0. The molecule has 1 aromatic rings. The molecule has 2 fully saturated rings. The van der Waals surface area contributed by atoms with Crippen LogP contribution in [0.4, 0.5) is 0 Å². The fourth-order valence-corrected chi connectivity index (χ4v) is 4.03. The van der Waals surface area contributed by atoms with Gasteiger partial charge in [0.2, 0.25) is 0 Å². The third-order valence-electron chi connectivity index (χ3n) is 5.06. The zero-order valence-electron chi connectivity index (χ0n) is 12.9. The Morgan fingerprint density at radius 1 is 1.30 bits per heavy atom. The number of benzene rings is 1.